The highest BCUT2D eigenvalue weighted by atomic mass is 15.2. The number of nitrogens with one attached hydrogen (secondary N) is 1. The topological polar surface area (TPSA) is 15.3 Å². The van der Waals surface area contributed by atoms with E-state index in [1.54, 1.807) is 0 Å². The summed E-state index contributed by atoms with van der Waals surface area (Å²) >= 11 is 0. The first-order valence-corrected chi connectivity index (χ1v) is 7.34. The highest BCUT2D eigenvalue weighted by Gasteiger charge is 2.36. The van der Waals surface area contributed by atoms with Gasteiger partial charge in [-0.05, 0) is 51.1 Å². The van der Waals surface area contributed by atoms with Gasteiger partial charge >= 0.3 is 0 Å². The van der Waals surface area contributed by atoms with E-state index in [-0.39, 0.29) is 0 Å². The molecular weight excluding hydrogens is 196 g/mol. The lowest BCUT2D eigenvalue weighted by Gasteiger charge is -2.37. The normalized spacial score (nSPS) is 31.5. The molecule has 0 unspecified atom stereocenters. The third-order valence-corrected chi connectivity index (χ3v) is 4.98. The first-order valence-electron chi connectivity index (χ1n) is 7.34. The second-order valence-corrected chi connectivity index (χ2v) is 6.30. The molecule has 2 heteroatoms. The molecule has 1 heterocycles. The summed E-state index contributed by atoms with van der Waals surface area (Å²) in [6.07, 6.45) is 11.6. The fourth-order valence-corrected chi connectivity index (χ4v) is 3.80. The van der Waals surface area contributed by atoms with E-state index in [2.05, 4.69) is 10.2 Å². The summed E-state index contributed by atoms with van der Waals surface area (Å²) in [6, 6.07) is 0. The highest BCUT2D eigenvalue weighted by Crippen LogP contribution is 2.33. The van der Waals surface area contributed by atoms with Crippen molar-refractivity contribution in [1.82, 2.24) is 10.2 Å². The fourth-order valence-electron chi connectivity index (χ4n) is 3.80. The van der Waals surface area contributed by atoms with Gasteiger partial charge in [0.05, 0.1) is 0 Å². The summed E-state index contributed by atoms with van der Waals surface area (Å²) in [5.74, 6) is 1.04. The van der Waals surface area contributed by atoms with Crippen molar-refractivity contribution in [2.45, 2.75) is 56.9 Å². The SMILES string of the molecule is C1CC(CN2CCCNC3(CCCC3)C2)C1. The third kappa shape index (κ3) is 2.28. The number of hydrogen-bond acceptors (Lipinski definition) is 2. The third-order valence-electron chi connectivity index (χ3n) is 4.98. The fraction of sp³-hybridized carbons (Fsp3) is 1.00. The Morgan fingerprint density at radius 1 is 1.06 bits per heavy atom. The predicted molar refractivity (Wildman–Crippen MR) is 67.6 cm³/mol. The average Bonchev–Trinajstić information content (AvgIpc) is 2.56. The first kappa shape index (κ1) is 11.0. The molecule has 1 N–H and O–H groups in total. The van der Waals surface area contributed by atoms with Crippen molar-refractivity contribution in [3.05, 3.63) is 0 Å². The molecule has 0 aromatic carbocycles. The molecule has 1 spiro atoms. The zero-order valence-electron chi connectivity index (χ0n) is 10.5. The quantitative estimate of drug-likeness (QED) is 0.772. The molecule has 1 saturated heterocycles. The van der Waals surface area contributed by atoms with Crippen molar-refractivity contribution in [2.75, 3.05) is 26.2 Å². The van der Waals surface area contributed by atoms with Crippen LogP contribution in [0, 0.1) is 5.92 Å². The Morgan fingerprint density at radius 2 is 1.88 bits per heavy atom. The molecule has 0 aromatic heterocycles. The maximum absolute atomic E-state index is 3.85. The van der Waals surface area contributed by atoms with Crippen molar-refractivity contribution < 1.29 is 0 Å². The van der Waals surface area contributed by atoms with Gasteiger partial charge in [-0.25, -0.2) is 0 Å². The van der Waals surface area contributed by atoms with Crippen molar-refractivity contribution in [2.24, 2.45) is 5.92 Å². The van der Waals surface area contributed by atoms with E-state index in [1.165, 1.54) is 77.5 Å². The summed E-state index contributed by atoms with van der Waals surface area (Å²) in [6.45, 7) is 5.32. The largest absolute Gasteiger partial charge is 0.310 e. The molecule has 0 bridgehead atoms. The minimum Gasteiger partial charge on any atom is -0.310 e. The second-order valence-electron chi connectivity index (χ2n) is 6.30. The zero-order chi connectivity index (χ0) is 10.8. The lowest BCUT2D eigenvalue weighted by atomic mass is 9.84. The molecule has 0 atom stereocenters. The molecule has 1 aliphatic heterocycles. The van der Waals surface area contributed by atoms with E-state index in [1.807, 2.05) is 0 Å². The first-order chi connectivity index (χ1) is 7.86. The summed E-state index contributed by atoms with van der Waals surface area (Å²) < 4.78 is 0. The minimum atomic E-state index is 0.514. The van der Waals surface area contributed by atoms with Crippen LogP contribution >= 0.6 is 0 Å². The average molecular weight is 222 g/mol. The second kappa shape index (κ2) is 4.66. The Hall–Kier alpha value is -0.0800. The number of nitrogens with zero attached hydrogens (tertiary/aromatic N) is 1. The van der Waals surface area contributed by atoms with E-state index in [4.69, 9.17) is 0 Å². The van der Waals surface area contributed by atoms with Crippen molar-refractivity contribution in [3.8, 4) is 0 Å². The van der Waals surface area contributed by atoms with Crippen LogP contribution < -0.4 is 5.32 Å². The molecule has 3 aliphatic rings. The Labute approximate surface area is 99.8 Å². The Bertz CT molecular complexity index is 229. The van der Waals surface area contributed by atoms with Crippen LogP contribution in [0.1, 0.15) is 51.4 Å². The Morgan fingerprint density at radius 3 is 2.56 bits per heavy atom. The van der Waals surface area contributed by atoms with E-state index < -0.39 is 0 Å². The van der Waals surface area contributed by atoms with Crippen LogP contribution in [0.2, 0.25) is 0 Å². The number of hydrogen-bond donors (Lipinski definition) is 1. The molecule has 0 aromatic rings. The molecule has 3 fully saturated rings. The predicted octanol–water partition coefficient (Wildman–Crippen LogP) is 2.39. The van der Waals surface area contributed by atoms with Gasteiger partial charge in [0.15, 0.2) is 0 Å². The van der Waals surface area contributed by atoms with Crippen molar-refractivity contribution >= 4 is 0 Å². The van der Waals surface area contributed by atoms with Crippen LogP contribution in [0.3, 0.4) is 0 Å². The van der Waals surface area contributed by atoms with Gasteiger partial charge in [-0.15, -0.1) is 0 Å². The van der Waals surface area contributed by atoms with Crippen molar-refractivity contribution in [1.29, 1.82) is 0 Å². The maximum atomic E-state index is 3.85. The van der Waals surface area contributed by atoms with Crippen LogP contribution in [0.15, 0.2) is 0 Å². The molecule has 3 rings (SSSR count). The summed E-state index contributed by atoms with van der Waals surface area (Å²) in [5, 5.41) is 3.85. The van der Waals surface area contributed by atoms with Crippen LogP contribution in [0.4, 0.5) is 0 Å². The van der Waals surface area contributed by atoms with E-state index >= 15 is 0 Å². The highest BCUT2D eigenvalue weighted by molar-refractivity contribution is 4.97. The molecule has 2 saturated carbocycles. The molecule has 16 heavy (non-hydrogen) atoms. The molecule has 0 radical (unpaired) electrons. The number of rotatable bonds is 2. The summed E-state index contributed by atoms with van der Waals surface area (Å²) in [5.41, 5.74) is 0.514. The smallest absolute Gasteiger partial charge is 0.0308 e. The lowest BCUT2D eigenvalue weighted by Crippen LogP contribution is -2.50. The molecule has 0 amide bonds. The zero-order valence-corrected chi connectivity index (χ0v) is 10.5. The molecule has 2 aliphatic carbocycles. The van der Waals surface area contributed by atoms with E-state index in [0.717, 1.165) is 5.92 Å². The van der Waals surface area contributed by atoms with Gasteiger partial charge in [0.1, 0.15) is 0 Å². The van der Waals surface area contributed by atoms with Crippen LogP contribution in [-0.4, -0.2) is 36.6 Å². The molecule has 2 nitrogen and oxygen atoms in total. The summed E-state index contributed by atoms with van der Waals surface area (Å²) in [4.78, 5) is 2.77. The van der Waals surface area contributed by atoms with Gasteiger partial charge in [0, 0.05) is 18.6 Å². The van der Waals surface area contributed by atoms with E-state index in [9.17, 15) is 0 Å². The Balaban J connectivity index is 1.59. The van der Waals surface area contributed by atoms with Gasteiger partial charge in [-0.1, -0.05) is 19.3 Å². The summed E-state index contributed by atoms with van der Waals surface area (Å²) in [7, 11) is 0. The monoisotopic (exact) mass is 222 g/mol. The maximum Gasteiger partial charge on any atom is 0.0308 e. The minimum absolute atomic E-state index is 0.514. The standard InChI is InChI=1S/C14H26N2/c1-2-8-14(7-1)12-16(10-4-9-15-14)11-13-5-3-6-13/h13,15H,1-12H2. The molecule has 92 valence electrons. The Kier molecular flexibility index (Phi) is 3.21. The van der Waals surface area contributed by atoms with Crippen LogP contribution in [-0.2, 0) is 0 Å². The lowest BCUT2D eigenvalue weighted by molar-refractivity contribution is 0.150. The van der Waals surface area contributed by atoms with Gasteiger partial charge in [0.25, 0.3) is 0 Å². The van der Waals surface area contributed by atoms with Gasteiger partial charge in [-0.2, -0.15) is 0 Å². The molecular formula is C14H26N2. The van der Waals surface area contributed by atoms with Crippen LogP contribution in [0.5, 0.6) is 0 Å². The van der Waals surface area contributed by atoms with Gasteiger partial charge in [-0.3, -0.25) is 0 Å². The van der Waals surface area contributed by atoms with E-state index in [0.29, 0.717) is 5.54 Å². The van der Waals surface area contributed by atoms with Gasteiger partial charge < -0.3 is 10.2 Å². The van der Waals surface area contributed by atoms with Gasteiger partial charge in [0.2, 0.25) is 0 Å². The van der Waals surface area contributed by atoms with Crippen LogP contribution in [0.25, 0.3) is 0 Å². The van der Waals surface area contributed by atoms with Crippen molar-refractivity contribution in [3.63, 3.8) is 0 Å².